The Balaban J connectivity index is 1.22. The smallest absolute Gasteiger partial charge is 0.337 e. The van der Waals surface area contributed by atoms with Crippen LogP contribution in [0.25, 0.3) is 27.8 Å². The van der Waals surface area contributed by atoms with Crippen LogP contribution < -0.4 is 22.3 Å². The lowest BCUT2D eigenvalue weighted by molar-refractivity contribution is -0.127. The molecule has 2 aliphatic carbocycles. The van der Waals surface area contributed by atoms with Gasteiger partial charge in [-0.2, -0.15) is 0 Å². The standard InChI is InChI=1S/C36H41FN6O4/c37-26-21-31-32(39-22-26)42(29-8-5-7-24(20-29)30-9-2-1-6-25(30)23-41-16-18-47-19-17-41)35(46)43(33(31)44)28-12-10-27(11-13-28)40-34(45)36(38)14-3-4-15-36/h1-2,5-9,20-22,27-28H,3-4,10-19,23,38H2,(H,40,45). The van der Waals surface area contributed by atoms with E-state index in [9.17, 15) is 18.8 Å². The zero-order valence-electron chi connectivity index (χ0n) is 26.5. The lowest BCUT2D eigenvalue weighted by atomic mass is 9.89. The van der Waals surface area contributed by atoms with Crippen molar-refractivity contribution in [2.24, 2.45) is 5.73 Å². The Morgan fingerprint density at radius 3 is 2.51 bits per heavy atom. The topological polar surface area (TPSA) is 124 Å². The fourth-order valence-corrected chi connectivity index (χ4v) is 7.53. The molecule has 3 heterocycles. The normalized spacial score (nSPS) is 21.6. The van der Waals surface area contributed by atoms with Crippen molar-refractivity contribution in [2.75, 3.05) is 26.3 Å². The van der Waals surface area contributed by atoms with Crippen LogP contribution in [0.5, 0.6) is 0 Å². The van der Waals surface area contributed by atoms with Crippen LogP contribution in [-0.2, 0) is 16.1 Å². The summed E-state index contributed by atoms with van der Waals surface area (Å²) in [6.45, 7) is 3.92. The Morgan fingerprint density at radius 2 is 1.74 bits per heavy atom. The zero-order valence-corrected chi connectivity index (χ0v) is 26.5. The fourth-order valence-electron chi connectivity index (χ4n) is 7.53. The second-order valence-corrected chi connectivity index (χ2v) is 13.3. The minimum atomic E-state index is -0.811. The van der Waals surface area contributed by atoms with Crippen molar-refractivity contribution < 1.29 is 13.9 Å². The first-order valence-electron chi connectivity index (χ1n) is 16.7. The van der Waals surface area contributed by atoms with E-state index in [0.717, 1.165) is 61.4 Å². The highest BCUT2D eigenvalue weighted by molar-refractivity contribution is 5.86. The Bertz CT molecular complexity index is 1900. The number of benzene rings is 2. The second-order valence-electron chi connectivity index (χ2n) is 13.3. The van der Waals surface area contributed by atoms with E-state index in [0.29, 0.717) is 57.4 Å². The van der Waals surface area contributed by atoms with Gasteiger partial charge in [-0.15, -0.1) is 0 Å². The predicted molar refractivity (Wildman–Crippen MR) is 178 cm³/mol. The molecule has 10 nitrogen and oxygen atoms in total. The highest BCUT2D eigenvalue weighted by Crippen LogP contribution is 2.31. The molecule has 3 aliphatic rings. The molecule has 0 spiro atoms. The zero-order chi connectivity index (χ0) is 32.5. The third-order valence-electron chi connectivity index (χ3n) is 10.2. The van der Waals surface area contributed by atoms with Crippen LogP contribution in [0, 0.1) is 5.82 Å². The van der Waals surface area contributed by atoms with Crippen LogP contribution in [0.15, 0.2) is 70.4 Å². The van der Waals surface area contributed by atoms with Crippen molar-refractivity contribution in [1.29, 1.82) is 0 Å². The molecule has 47 heavy (non-hydrogen) atoms. The molecule has 1 saturated heterocycles. The van der Waals surface area contributed by atoms with Gasteiger partial charge in [0.1, 0.15) is 5.82 Å². The van der Waals surface area contributed by atoms with Crippen LogP contribution in [0.3, 0.4) is 0 Å². The number of nitrogens with zero attached hydrogens (tertiary/aromatic N) is 4. The summed E-state index contributed by atoms with van der Waals surface area (Å²) in [6.07, 6.45) is 6.55. The monoisotopic (exact) mass is 640 g/mol. The van der Waals surface area contributed by atoms with E-state index < -0.39 is 28.6 Å². The molecule has 3 fully saturated rings. The molecular formula is C36H41FN6O4. The van der Waals surface area contributed by atoms with E-state index >= 15 is 0 Å². The number of carbonyl (C=O) groups is 1. The van der Waals surface area contributed by atoms with Crippen molar-refractivity contribution in [1.82, 2.24) is 24.3 Å². The first-order valence-corrected chi connectivity index (χ1v) is 16.7. The second kappa shape index (κ2) is 13.1. The van der Waals surface area contributed by atoms with E-state index in [1.165, 1.54) is 9.13 Å². The number of hydrogen-bond acceptors (Lipinski definition) is 7. The summed E-state index contributed by atoms with van der Waals surface area (Å²) in [4.78, 5) is 47.7. The lowest BCUT2D eigenvalue weighted by Crippen LogP contribution is -2.55. The molecule has 0 radical (unpaired) electrons. The summed E-state index contributed by atoms with van der Waals surface area (Å²) < 4.78 is 22.7. The number of fused-ring (bicyclic) bond motifs is 1. The molecule has 3 N–H and O–H groups in total. The number of nitrogens with two attached hydrogens (primary N) is 1. The number of carbonyl (C=O) groups excluding carboxylic acids is 1. The Morgan fingerprint density at radius 1 is 1.00 bits per heavy atom. The summed E-state index contributed by atoms with van der Waals surface area (Å²) in [7, 11) is 0. The average Bonchev–Trinajstić information content (AvgIpc) is 3.54. The number of aromatic nitrogens is 3. The van der Waals surface area contributed by atoms with Crippen molar-refractivity contribution >= 4 is 16.9 Å². The number of halogens is 1. The highest BCUT2D eigenvalue weighted by atomic mass is 19.1. The molecule has 0 atom stereocenters. The van der Waals surface area contributed by atoms with Crippen molar-refractivity contribution in [3.63, 3.8) is 0 Å². The molecule has 0 bridgehead atoms. The average molecular weight is 641 g/mol. The number of amides is 1. The summed E-state index contributed by atoms with van der Waals surface area (Å²) >= 11 is 0. The number of rotatable bonds is 7. The minimum Gasteiger partial charge on any atom is -0.379 e. The van der Waals surface area contributed by atoms with Crippen molar-refractivity contribution in [3.05, 3.63) is 93.0 Å². The molecule has 7 rings (SSSR count). The Kier molecular flexibility index (Phi) is 8.78. The third kappa shape index (κ3) is 6.27. The maximum atomic E-state index is 14.5. The first-order chi connectivity index (χ1) is 22.8. The van der Waals surface area contributed by atoms with E-state index in [1.807, 2.05) is 36.4 Å². The fraction of sp³-hybridized carbons (Fsp3) is 0.444. The molecule has 11 heteroatoms. The van der Waals surface area contributed by atoms with Crippen LogP contribution >= 0.6 is 0 Å². The van der Waals surface area contributed by atoms with Gasteiger partial charge in [-0.1, -0.05) is 49.2 Å². The van der Waals surface area contributed by atoms with E-state index in [2.05, 4.69) is 27.3 Å². The first kappa shape index (κ1) is 31.4. The molecule has 2 aromatic heterocycles. The summed E-state index contributed by atoms with van der Waals surface area (Å²) in [5, 5.41) is 3.17. The van der Waals surface area contributed by atoms with Gasteiger partial charge in [0.05, 0.1) is 36.0 Å². The van der Waals surface area contributed by atoms with Crippen molar-refractivity contribution in [2.45, 2.75) is 75.5 Å². The lowest BCUT2D eigenvalue weighted by Gasteiger charge is -2.32. The van der Waals surface area contributed by atoms with Gasteiger partial charge in [0.25, 0.3) is 5.56 Å². The molecule has 2 saturated carbocycles. The van der Waals surface area contributed by atoms with Gasteiger partial charge in [0.2, 0.25) is 5.91 Å². The number of nitrogens with one attached hydrogen (secondary N) is 1. The van der Waals surface area contributed by atoms with E-state index in [1.54, 1.807) is 0 Å². The molecular weight excluding hydrogens is 599 g/mol. The predicted octanol–water partition coefficient (Wildman–Crippen LogP) is 4.06. The number of pyridine rings is 1. The number of ether oxygens (including phenoxy) is 1. The number of morpholine rings is 1. The van der Waals surface area contributed by atoms with E-state index in [4.69, 9.17) is 10.5 Å². The Hall–Kier alpha value is -4.19. The maximum absolute atomic E-state index is 14.5. The quantitative estimate of drug-likeness (QED) is 0.312. The van der Waals surface area contributed by atoms with Gasteiger partial charge in [-0.25, -0.2) is 18.7 Å². The molecule has 1 amide bonds. The van der Waals surface area contributed by atoms with Crippen LogP contribution in [0.2, 0.25) is 0 Å². The van der Waals surface area contributed by atoms with E-state index in [-0.39, 0.29) is 23.0 Å². The maximum Gasteiger partial charge on any atom is 0.337 e. The minimum absolute atomic E-state index is 0.0458. The van der Waals surface area contributed by atoms with Gasteiger partial charge in [-0.05, 0) is 73.4 Å². The van der Waals surface area contributed by atoms with Gasteiger partial charge in [0, 0.05) is 31.7 Å². The molecule has 246 valence electrons. The van der Waals surface area contributed by atoms with Crippen LogP contribution in [0.1, 0.15) is 63.0 Å². The summed E-state index contributed by atoms with van der Waals surface area (Å²) in [6, 6.07) is 16.5. The van der Waals surface area contributed by atoms with Gasteiger partial charge < -0.3 is 15.8 Å². The Labute approximate surface area is 272 Å². The molecule has 0 unspecified atom stereocenters. The van der Waals surface area contributed by atoms with Crippen LogP contribution in [-0.4, -0.2) is 62.8 Å². The van der Waals surface area contributed by atoms with Gasteiger partial charge in [-0.3, -0.25) is 19.1 Å². The van der Waals surface area contributed by atoms with Gasteiger partial charge in [0.15, 0.2) is 5.65 Å². The number of hydrogen-bond donors (Lipinski definition) is 2. The highest BCUT2D eigenvalue weighted by Gasteiger charge is 2.38. The molecule has 1 aliphatic heterocycles. The largest absolute Gasteiger partial charge is 0.379 e. The summed E-state index contributed by atoms with van der Waals surface area (Å²) in [5.74, 6) is -0.761. The van der Waals surface area contributed by atoms with Gasteiger partial charge >= 0.3 is 5.69 Å². The van der Waals surface area contributed by atoms with Crippen molar-refractivity contribution in [3.8, 4) is 16.8 Å². The van der Waals surface area contributed by atoms with Crippen LogP contribution in [0.4, 0.5) is 4.39 Å². The summed E-state index contributed by atoms with van der Waals surface area (Å²) in [5.41, 5.74) is 8.26. The third-order valence-corrected chi connectivity index (χ3v) is 10.2. The SMILES string of the molecule is NC1(C(=O)NC2CCC(n3c(=O)c4cc(F)cnc4n(-c4cccc(-c5ccccc5CN5CCOCC5)c4)c3=O)CC2)CCCC1. The molecule has 4 aromatic rings. The molecule has 2 aromatic carbocycles.